The van der Waals surface area contributed by atoms with Crippen LogP contribution in [0.5, 0.6) is 0 Å². The lowest BCUT2D eigenvalue weighted by atomic mass is 10.0. The third-order valence-corrected chi connectivity index (χ3v) is 2.61. The van der Waals surface area contributed by atoms with Crippen molar-refractivity contribution in [2.24, 2.45) is 0 Å². The second kappa shape index (κ2) is 5.27. The van der Waals surface area contributed by atoms with E-state index in [0.29, 0.717) is 5.56 Å². The molecule has 0 aromatic heterocycles. The van der Waals surface area contributed by atoms with Crippen LogP contribution in [-0.2, 0) is 9.53 Å². The van der Waals surface area contributed by atoms with Crippen molar-refractivity contribution in [2.75, 3.05) is 7.11 Å². The summed E-state index contributed by atoms with van der Waals surface area (Å²) in [5.74, 6) is -0.596. The molecule has 1 atom stereocenters. The summed E-state index contributed by atoms with van der Waals surface area (Å²) < 4.78 is 5.47. The van der Waals surface area contributed by atoms with Crippen LogP contribution < -0.4 is 0 Å². The van der Waals surface area contributed by atoms with Gasteiger partial charge in [-0.15, -0.1) is 0 Å². The quantitative estimate of drug-likeness (QED) is 0.527. The van der Waals surface area contributed by atoms with Crippen LogP contribution in [0.15, 0.2) is 36.4 Å². The second-order valence-electron chi connectivity index (χ2n) is 2.97. The first kappa shape index (κ1) is 12.2. The van der Waals surface area contributed by atoms with Gasteiger partial charge in [-0.2, -0.15) is 0 Å². The van der Waals surface area contributed by atoms with Crippen LogP contribution in [0.3, 0.4) is 0 Å². The highest BCUT2D eigenvalue weighted by Gasteiger charge is 2.18. The van der Waals surface area contributed by atoms with Gasteiger partial charge in [0.15, 0.2) is 0 Å². The molecule has 0 bridgehead atoms. The summed E-state index contributed by atoms with van der Waals surface area (Å²) in [6.45, 7) is 3.50. The van der Waals surface area contributed by atoms with Gasteiger partial charge in [-0.25, -0.2) is 4.79 Å². The molecule has 0 saturated carbocycles. The van der Waals surface area contributed by atoms with Gasteiger partial charge in [0, 0.05) is 3.57 Å². The molecule has 3 nitrogen and oxygen atoms in total. The highest BCUT2D eigenvalue weighted by atomic mass is 127. The zero-order valence-electron chi connectivity index (χ0n) is 8.24. The van der Waals surface area contributed by atoms with E-state index in [1.807, 2.05) is 12.1 Å². The fourth-order valence-corrected chi connectivity index (χ4v) is 1.69. The van der Waals surface area contributed by atoms with Gasteiger partial charge in [-0.05, 0) is 40.3 Å². The van der Waals surface area contributed by atoms with Crippen molar-refractivity contribution in [2.45, 2.75) is 6.10 Å². The normalized spacial score (nSPS) is 11.9. The number of methoxy groups -OCH3 is 1. The van der Waals surface area contributed by atoms with Gasteiger partial charge in [-0.1, -0.05) is 18.7 Å². The molecule has 1 unspecified atom stereocenters. The van der Waals surface area contributed by atoms with Gasteiger partial charge in [-0.3, -0.25) is 0 Å². The first-order valence-electron chi connectivity index (χ1n) is 4.27. The van der Waals surface area contributed by atoms with E-state index in [2.05, 4.69) is 33.9 Å². The molecule has 0 heterocycles. The second-order valence-corrected chi connectivity index (χ2v) is 4.22. The van der Waals surface area contributed by atoms with Crippen molar-refractivity contribution in [3.05, 3.63) is 45.6 Å². The van der Waals surface area contributed by atoms with Crippen LogP contribution in [-0.4, -0.2) is 18.2 Å². The Morgan fingerprint density at radius 2 is 2.27 bits per heavy atom. The number of benzene rings is 1. The average Bonchev–Trinajstić information content (AvgIpc) is 2.26. The highest BCUT2D eigenvalue weighted by Crippen LogP contribution is 2.22. The van der Waals surface area contributed by atoms with E-state index >= 15 is 0 Å². The molecule has 1 aromatic carbocycles. The fourth-order valence-electron chi connectivity index (χ4n) is 1.12. The largest absolute Gasteiger partial charge is 0.466 e. The van der Waals surface area contributed by atoms with E-state index in [1.54, 1.807) is 12.1 Å². The SMILES string of the molecule is C=C(C(=O)OC)C(O)c1cccc(I)c1. The molecule has 1 N–H and O–H groups in total. The van der Waals surface area contributed by atoms with Crippen LogP contribution in [0.25, 0.3) is 0 Å². The fraction of sp³-hybridized carbons (Fsp3) is 0.182. The van der Waals surface area contributed by atoms with Crippen molar-refractivity contribution in [3.8, 4) is 0 Å². The van der Waals surface area contributed by atoms with E-state index in [0.717, 1.165) is 3.57 Å². The minimum Gasteiger partial charge on any atom is -0.466 e. The summed E-state index contributed by atoms with van der Waals surface area (Å²) in [6.07, 6.45) is -1.01. The summed E-state index contributed by atoms with van der Waals surface area (Å²) in [6, 6.07) is 7.24. The first-order chi connectivity index (χ1) is 7.06. The Hall–Kier alpha value is -0.880. The number of rotatable bonds is 3. The maximum absolute atomic E-state index is 11.1. The Morgan fingerprint density at radius 3 is 2.80 bits per heavy atom. The smallest absolute Gasteiger partial charge is 0.336 e. The van der Waals surface area contributed by atoms with Crippen molar-refractivity contribution in [1.29, 1.82) is 0 Å². The molecule has 0 aliphatic heterocycles. The lowest BCUT2D eigenvalue weighted by Gasteiger charge is -2.12. The van der Waals surface area contributed by atoms with Crippen molar-refractivity contribution >= 4 is 28.6 Å². The summed E-state index contributed by atoms with van der Waals surface area (Å²) in [5, 5.41) is 9.81. The number of hydrogen-bond donors (Lipinski definition) is 1. The van der Waals surface area contributed by atoms with E-state index in [9.17, 15) is 9.90 Å². The molecule has 80 valence electrons. The minimum absolute atomic E-state index is 0.0412. The standard InChI is InChI=1S/C11H11IO3/c1-7(11(14)15-2)10(13)8-4-3-5-9(12)6-8/h3-6,10,13H,1H2,2H3. The van der Waals surface area contributed by atoms with Crippen LogP contribution in [0, 0.1) is 3.57 Å². The van der Waals surface area contributed by atoms with Gasteiger partial charge >= 0.3 is 5.97 Å². The number of carbonyl (C=O) groups excluding carboxylic acids is 1. The molecule has 0 spiro atoms. The van der Waals surface area contributed by atoms with E-state index < -0.39 is 12.1 Å². The Balaban J connectivity index is 2.89. The molecule has 0 amide bonds. The van der Waals surface area contributed by atoms with Crippen LogP contribution in [0.2, 0.25) is 0 Å². The molecule has 15 heavy (non-hydrogen) atoms. The van der Waals surface area contributed by atoms with E-state index in [4.69, 9.17) is 0 Å². The molecular formula is C11H11IO3. The molecule has 0 radical (unpaired) electrons. The lowest BCUT2D eigenvalue weighted by Crippen LogP contribution is -2.12. The summed E-state index contributed by atoms with van der Waals surface area (Å²) >= 11 is 2.13. The molecule has 4 heteroatoms. The molecule has 0 aliphatic rings. The topological polar surface area (TPSA) is 46.5 Å². The van der Waals surface area contributed by atoms with Crippen LogP contribution in [0.4, 0.5) is 0 Å². The molecule has 1 aromatic rings. The number of esters is 1. The Labute approximate surface area is 102 Å². The molecule has 1 rings (SSSR count). The number of aliphatic hydroxyl groups is 1. The molecule has 0 saturated heterocycles. The Kier molecular flexibility index (Phi) is 4.28. The number of ether oxygens (including phenoxy) is 1. The van der Waals surface area contributed by atoms with Crippen molar-refractivity contribution in [3.63, 3.8) is 0 Å². The van der Waals surface area contributed by atoms with Crippen molar-refractivity contribution < 1.29 is 14.6 Å². The Bertz CT molecular complexity index is 387. The third kappa shape index (κ3) is 3.04. The Morgan fingerprint density at radius 1 is 1.60 bits per heavy atom. The van der Waals surface area contributed by atoms with Gasteiger partial charge in [0.05, 0.1) is 12.7 Å². The molecule has 0 aliphatic carbocycles. The number of aliphatic hydroxyl groups excluding tert-OH is 1. The number of halogens is 1. The zero-order chi connectivity index (χ0) is 11.4. The molecule has 0 fully saturated rings. The van der Waals surface area contributed by atoms with Crippen molar-refractivity contribution in [1.82, 2.24) is 0 Å². The summed E-state index contributed by atoms with van der Waals surface area (Å²) in [5.41, 5.74) is 0.678. The predicted octanol–water partition coefficient (Wildman–Crippen LogP) is 2.05. The van der Waals surface area contributed by atoms with Gasteiger partial charge in [0.2, 0.25) is 0 Å². The maximum Gasteiger partial charge on any atom is 0.336 e. The summed E-state index contributed by atoms with van der Waals surface area (Å²) in [7, 11) is 1.26. The minimum atomic E-state index is -1.01. The average molecular weight is 318 g/mol. The van der Waals surface area contributed by atoms with E-state index in [1.165, 1.54) is 7.11 Å². The van der Waals surface area contributed by atoms with Crippen LogP contribution >= 0.6 is 22.6 Å². The van der Waals surface area contributed by atoms with Gasteiger partial charge in [0.25, 0.3) is 0 Å². The predicted molar refractivity (Wildman–Crippen MR) is 65.3 cm³/mol. The van der Waals surface area contributed by atoms with E-state index in [-0.39, 0.29) is 5.57 Å². The lowest BCUT2D eigenvalue weighted by molar-refractivity contribution is -0.137. The number of carbonyl (C=O) groups is 1. The number of hydrogen-bond acceptors (Lipinski definition) is 3. The molecular weight excluding hydrogens is 307 g/mol. The van der Waals surface area contributed by atoms with Crippen LogP contribution in [0.1, 0.15) is 11.7 Å². The summed E-state index contributed by atoms with van der Waals surface area (Å²) in [4.78, 5) is 11.1. The van der Waals surface area contributed by atoms with Gasteiger partial charge < -0.3 is 9.84 Å². The monoisotopic (exact) mass is 318 g/mol. The third-order valence-electron chi connectivity index (χ3n) is 1.94. The highest BCUT2D eigenvalue weighted by molar-refractivity contribution is 14.1. The van der Waals surface area contributed by atoms with Gasteiger partial charge in [0.1, 0.15) is 6.10 Å². The zero-order valence-corrected chi connectivity index (χ0v) is 10.4. The first-order valence-corrected chi connectivity index (χ1v) is 5.34. The maximum atomic E-state index is 11.1.